The van der Waals surface area contributed by atoms with Crippen LogP contribution in [0.25, 0.3) is 0 Å². The monoisotopic (exact) mass is 175 g/mol. The van der Waals surface area contributed by atoms with Gasteiger partial charge in [0.1, 0.15) is 20.0 Å². The molecule has 1 aromatic heterocycles. The fourth-order valence-electron chi connectivity index (χ4n) is 0.887. The van der Waals surface area contributed by atoms with Gasteiger partial charge in [0.05, 0.1) is 11.4 Å². The summed E-state index contributed by atoms with van der Waals surface area (Å²) in [7, 11) is 0. The van der Waals surface area contributed by atoms with E-state index in [1.54, 1.807) is 0 Å². The van der Waals surface area contributed by atoms with Crippen LogP contribution in [0.4, 0.5) is 13.2 Å². The quantitative estimate of drug-likeness (QED) is 0.687. The molecule has 1 aromatic rings. The molecule has 0 aliphatic rings. The number of hydrogen-bond donors (Lipinski definition) is 0. The number of hydrogen-bond acceptors (Lipinski definition) is 1. The highest BCUT2D eigenvalue weighted by atomic mass is 19.1. The molecule has 0 amide bonds. The number of nitrogens with zero attached hydrogens (tertiary/aromatic N) is 1. The number of pyridine rings is 1. The molecule has 1 nitrogen and oxygen atoms in total. The standard InChI is InChI=1S/C8H8F3N/c9-3-6-1-2-7(4-10)12-8(6)5-11/h1-2H,3-5H2. The molecule has 0 aliphatic heterocycles. The molecule has 0 saturated carbocycles. The highest BCUT2D eigenvalue weighted by Gasteiger charge is 2.04. The van der Waals surface area contributed by atoms with E-state index in [4.69, 9.17) is 0 Å². The average Bonchev–Trinajstić information content (AvgIpc) is 2.16. The van der Waals surface area contributed by atoms with Gasteiger partial charge in [0.2, 0.25) is 0 Å². The van der Waals surface area contributed by atoms with Crippen molar-refractivity contribution in [1.29, 1.82) is 0 Å². The van der Waals surface area contributed by atoms with Crippen LogP contribution in [-0.2, 0) is 20.0 Å². The highest BCUT2D eigenvalue weighted by molar-refractivity contribution is 5.21. The summed E-state index contributed by atoms with van der Waals surface area (Å²) < 4.78 is 36.2. The van der Waals surface area contributed by atoms with Crippen molar-refractivity contribution < 1.29 is 13.2 Å². The van der Waals surface area contributed by atoms with Crippen molar-refractivity contribution >= 4 is 0 Å². The zero-order valence-electron chi connectivity index (χ0n) is 6.36. The average molecular weight is 175 g/mol. The molecule has 12 heavy (non-hydrogen) atoms. The zero-order valence-corrected chi connectivity index (χ0v) is 6.36. The number of aromatic nitrogens is 1. The molecule has 0 unspecified atom stereocenters. The van der Waals surface area contributed by atoms with E-state index in [0.29, 0.717) is 0 Å². The minimum Gasteiger partial charge on any atom is -0.252 e. The first-order valence-electron chi connectivity index (χ1n) is 3.47. The van der Waals surface area contributed by atoms with E-state index in [2.05, 4.69) is 4.98 Å². The first-order valence-corrected chi connectivity index (χ1v) is 3.47. The van der Waals surface area contributed by atoms with Gasteiger partial charge in [0.25, 0.3) is 0 Å². The van der Waals surface area contributed by atoms with Gasteiger partial charge >= 0.3 is 0 Å². The summed E-state index contributed by atoms with van der Waals surface area (Å²) in [5.74, 6) is 0. The van der Waals surface area contributed by atoms with Crippen LogP contribution in [0.3, 0.4) is 0 Å². The molecule has 0 saturated heterocycles. The van der Waals surface area contributed by atoms with Crippen LogP contribution in [-0.4, -0.2) is 4.98 Å². The van der Waals surface area contributed by atoms with Crippen molar-refractivity contribution in [3.8, 4) is 0 Å². The van der Waals surface area contributed by atoms with Gasteiger partial charge in [-0.3, -0.25) is 4.98 Å². The molecule has 0 N–H and O–H groups in total. The molecule has 66 valence electrons. The Hall–Kier alpha value is -1.06. The van der Waals surface area contributed by atoms with E-state index in [0.717, 1.165) is 0 Å². The molecular weight excluding hydrogens is 167 g/mol. The summed E-state index contributed by atoms with van der Waals surface area (Å²) in [4.78, 5) is 3.59. The Bertz CT molecular complexity index is 262. The zero-order chi connectivity index (χ0) is 8.97. The summed E-state index contributed by atoms with van der Waals surface area (Å²) in [6.07, 6.45) is 0. The molecule has 0 aromatic carbocycles. The third-order valence-electron chi connectivity index (χ3n) is 1.53. The second-order valence-electron chi connectivity index (χ2n) is 2.31. The maximum absolute atomic E-state index is 12.1. The summed E-state index contributed by atoms with van der Waals surface area (Å²) in [5.41, 5.74) is 0.321. The lowest BCUT2D eigenvalue weighted by molar-refractivity contribution is 0.437. The second-order valence-corrected chi connectivity index (χ2v) is 2.31. The minimum atomic E-state index is -0.854. The molecule has 0 atom stereocenters. The van der Waals surface area contributed by atoms with Gasteiger partial charge in [-0.1, -0.05) is 6.07 Å². The van der Waals surface area contributed by atoms with Crippen molar-refractivity contribution in [3.63, 3.8) is 0 Å². The lowest BCUT2D eigenvalue weighted by atomic mass is 10.2. The van der Waals surface area contributed by atoms with Gasteiger partial charge in [-0.05, 0) is 6.07 Å². The van der Waals surface area contributed by atoms with E-state index in [-0.39, 0.29) is 17.0 Å². The molecule has 0 aliphatic carbocycles. The topological polar surface area (TPSA) is 12.9 Å². The lowest BCUT2D eigenvalue weighted by Crippen LogP contribution is -1.97. The third kappa shape index (κ3) is 1.75. The molecule has 0 radical (unpaired) electrons. The van der Waals surface area contributed by atoms with E-state index in [9.17, 15) is 13.2 Å². The summed E-state index contributed by atoms with van der Waals surface area (Å²) in [6.45, 7) is -2.37. The predicted molar refractivity (Wildman–Crippen MR) is 38.7 cm³/mol. The van der Waals surface area contributed by atoms with Crippen LogP contribution in [0.5, 0.6) is 0 Å². The van der Waals surface area contributed by atoms with Crippen molar-refractivity contribution in [2.24, 2.45) is 0 Å². The first kappa shape index (κ1) is 9.03. The Morgan fingerprint density at radius 3 is 2.25 bits per heavy atom. The van der Waals surface area contributed by atoms with Gasteiger partial charge < -0.3 is 0 Å². The van der Waals surface area contributed by atoms with E-state index in [1.807, 2.05) is 0 Å². The Kier molecular flexibility index (Phi) is 3.08. The summed E-state index contributed by atoms with van der Waals surface area (Å²) >= 11 is 0. The SMILES string of the molecule is FCc1ccc(CF)c(CF)n1. The van der Waals surface area contributed by atoms with Gasteiger partial charge in [0.15, 0.2) is 0 Å². The number of rotatable bonds is 3. The first-order chi connectivity index (χ1) is 5.81. The normalized spacial score (nSPS) is 10.2. The van der Waals surface area contributed by atoms with Crippen LogP contribution < -0.4 is 0 Å². The minimum absolute atomic E-state index is 0.00681. The Balaban J connectivity index is 3.02. The number of halogens is 3. The molecule has 1 heterocycles. The van der Waals surface area contributed by atoms with E-state index < -0.39 is 20.0 Å². The molecular formula is C8H8F3N. The molecule has 0 fully saturated rings. The predicted octanol–water partition coefficient (Wildman–Crippen LogP) is 2.49. The molecule has 0 bridgehead atoms. The highest BCUT2D eigenvalue weighted by Crippen LogP contribution is 2.11. The maximum Gasteiger partial charge on any atom is 0.132 e. The second kappa shape index (κ2) is 4.09. The van der Waals surface area contributed by atoms with Gasteiger partial charge in [0, 0.05) is 5.56 Å². The Morgan fingerprint density at radius 2 is 1.75 bits per heavy atom. The molecule has 1 rings (SSSR count). The fourth-order valence-corrected chi connectivity index (χ4v) is 0.887. The third-order valence-corrected chi connectivity index (χ3v) is 1.53. The van der Waals surface area contributed by atoms with Gasteiger partial charge in [-0.25, -0.2) is 13.2 Å². The van der Waals surface area contributed by atoms with Crippen LogP contribution in [0, 0.1) is 0 Å². The molecule has 0 spiro atoms. The van der Waals surface area contributed by atoms with Gasteiger partial charge in [-0.15, -0.1) is 0 Å². The van der Waals surface area contributed by atoms with E-state index in [1.165, 1.54) is 12.1 Å². The fraction of sp³-hybridized carbons (Fsp3) is 0.375. The lowest BCUT2D eigenvalue weighted by Gasteiger charge is -2.02. The van der Waals surface area contributed by atoms with Crippen LogP contribution >= 0.6 is 0 Å². The smallest absolute Gasteiger partial charge is 0.132 e. The van der Waals surface area contributed by atoms with Crippen molar-refractivity contribution in [2.45, 2.75) is 20.0 Å². The largest absolute Gasteiger partial charge is 0.252 e. The Labute approximate surface area is 68.2 Å². The van der Waals surface area contributed by atoms with Crippen LogP contribution in [0.2, 0.25) is 0 Å². The maximum atomic E-state index is 12.1. The van der Waals surface area contributed by atoms with Crippen molar-refractivity contribution in [2.75, 3.05) is 0 Å². The van der Waals surface area contributed by atoms with Gasteiger partial charge in [-0.2, -0.15) is 0 Å². The van der Waals surface area contributed by atoms with Crippen molar-refractivity contribution in [1.82, 2.24) is 4.98 Å². The number of alkyl halides is 3. The summed E-state index contributed by atoms with van der Waals surface area (Å²) in [6, 6.07) is 2.71. The van der Waals surface area contributed by atoms with E-state index >= 15 is 0 Å². The Morgan fingerprint density at radius 1 is 1.00 bits per heavy atom. The molecule has 4 heteroatoms. The summed E-state index contributed by atoms with van der Waals surface area (Å²) in [5, 5.41) is 0. The van der Waals surface area contributed by atoms with Crippen LogP contribution in [0.1, 0.15) is 17.0 Å². The van der Waals surface area contributed by atoms with Crippen LogP contribution in [0.15, 0.2) is 12.1 Å². The van der Waals surface area contributed by atoms with Crippen molar-refractivity contribution in [3.05, 3.63) is 29.1 Å².